The molecule has 3 nitrogen and oxygen atoms in total. The third kappa shape index (κ3) is 6.35. The fourth-order valence-electron chi connectivity index (χ4n) is 3.99. The van der Waals surface area contributed by atoms with Gasteiger partial charge in [0.25, 0.3) is 0 Å². The van der Waals surface area contributed by atoms with Crippen molar-refractivity contribution in [2.45, 2.75) is 60.8 Å². The maximum atomic E-state index is 5.65. The molecule has 148 valence electrons. The first-order valence-electron chi connectivity index (χ1n) is 10.4. The Morgan fingerprint density at radius 1 is 1.23 bits per heavy atom. The fraction of sp³-hybridized carbons (Fsp3) is 0.652. The van der Waals surface area contributed by atoms with Crippen LogP contribution in [0.1, 0.15) is 59.4 Å². The molecular formula is C23H41N3. The van der Waals surface area contributed by atoms with Crippen LogP contribution in [-0.2, 0) is 0 Å². The van der Waals surface area contributed by atoms with Crippen LogP contribution in [0.3, 0.4) is 0 Å². The number of hydrogen-bond donors (Lipinski definition) is 3. The molecular weight excluding hydrogens is 318 g/mol. The Labute approximate surface area is 161 Å². The lowest BCUT2D eigenvalue weighted by molar-refractivity contribution is 0.171. The molecule has 1 aromatic carbocycles. The van der Waals surface area contributed by atoms with Crippen LogP contribution in [0.25, 0.3) is 0 Å². The molecule has 1 fully saturated rings. The first kappa shape index (κ1) is 22.6. The average molecular weight is 360 g/mol. The number of nitrogens with two attached hydrogens (primary N) is 1. The van der Waals surface area contributed by atoms with Crippen LogP contribution in [-0.4, -0.2) is 13.1 Å². The third-order valence-electron chi connectivity index (χ3n) is 5.40. The van der Waals surface area contributed by atoms with E-state index >= 15 is 0 Å². The molecule has 1 aromatic rings. The molecule has 1 saturated carbocycles. The number of hydrogen-bond acceptors (Lipinski definition) is 3. The molecule has 0 saturated heterocycles. The van der Waals surface area contributed by atoms with Crippen molar-refractivity contribution in [2.24, 2.45) is 29.4 Å². The maximum absolute atomic E-state index is 5.65. The van der Waals surface area contributed by atoms with Gasteiger partial charge in [-0.1, -0.05) is 53.7 Å². The largest absolute Gasteiger partial charge is 0.382 e. The van der Waals surface area contributed by atoms with Gasteiger partial charge < -0.3 is 16.4 Å². The molecule has 3 heteroatoms. The summed E-state index contributed by atoms with van der Waals surface area (Å²) in [7, 11) is 0. The van der Waals surface area contributed by atoms with Gasteiger partial charge in [-0.15, -0.1) is 0 Å². The zero-order chi connectivity index (χ0) is 19.7. The van der Waals surface area contributed by atoms with E-state index in [1.807, 2.05) is 13.8 Å². The van der Waals surface area contributed by atoms with E-state index in [1.54, 1.807) is 0 Å². The van der Waals surface area contributed by atoms with E-state index < -0.39 is 0 Å². The number of aryl methyl sites for hydroxylation is 1. The summed E-state index contributed by atoms with van der Waals surface area (Å²) in [5.74, 6) is 2.77. The monoisotopic (exact) mass is 359 g/mol. The molecule has 0 bridgehead atoms. The Hall–Kier alpha value is -1.48. The summed E-state index contributed by atoms with van der Waals surface area (Å²) in [5, 5.41) is 7.05. The van der Waals surface area contributed by atoms with E-state index in [0.29, 0.717) is 18.4 Å². The SMILES string of the molecule is C=C(Nc1ccc(C)cc1NCCN)C1CC(C)CC[C@H]1C(C)C.CC. The molecule has 0 spiro atoms. The molecule has 0 heterocycles. The van der Waals surface area contributed by atoms with Crippen LogP contribution < -0.4 is 16.4 Å². The smallest absolute Gasteiger partial charge is 0.0617 e. The van der Waals surface area contributed by atoms with Crippen molar-refractivity contribution in [1.29, 1.82) is 0 Å². The summed E-state index contributed by atoms with van der Waals surface area (Å²) in [4.78, 5) is 0. The van der Waals surface area contributed by atoms with Crippen LogP contribution in [0.4, 0.5) is 11.4 Å². The molecule has 26 heavy (non-hydrogen) atoms. The van der Waals surface area contributed by atoms with E-state index in [0.717, 1.165) is 29.8 Å². The van der Waals surface area contributed by atoms with Crippen LogP contribution in [0.2, 0.25) is 0 Å². The number of nitrogens with one attached hydrogen (secondary N) is 2. The predicted octanol–water partition coefficient (Wildman–Crippen LogP) is 6.03. The molecule has 0 aliphatic heterocycles. The maximum Gasteiger partial charge on any atom is 0.0617 e. The Morgan fingerprint density at radius 3 is 2.54 bits per heavy atom. The molecule has 0 aromatic heterocycles. The number of rotatable bonds is 7. The van der Waals surface area contributed by atoms with Gasteiger partial charge in [0.2, 0.25) is 0 Å². The fourth-order valence-corrected chi connectivity index (χ4v) is 3.99. The normalized spacial score (nSPS) is 22.4. The zero-order valence-electron chi connectivity index (χ0n) is 17.9. The Kier molecular flexibility index (Phi) is 9.79. The molecule has 1 aliphatic carbocycles. The van der Waals surface area contributed by atoms with Crippen molar-refractivity contribution < 1.29 is 0 Å². The highest BCUT2D eigenvalue weighted by Gasteiger charge is 2.32. The number of allylic oxidation sites excluding steroid dienone is 1. The quantitative estimate of drug-likeness (QED) is 0.557. The lowest BCUT2D eigenvalue weighted by Gasteiger charge is -2.39. The minimum Gasteiger partial charge on any atom is -0.382 e. The van der Waals surface area contributed by atoms with Crippen LogP contribution >= 0.6 is 0 Å². The minimum absolute atomic E-state index is 0.553. The zero-order valence-corrected chi connectivity index (χ0v) is 17.9. The van der Waals surface area contributed by atoms with Crippen molar-refractivity contribution in [2.75, 3.05) is 23.7 Å². The van der Waals surface area contributed by atoms with E-state index in [4.69, 9.17) is 5.73 Å². The summed E-state index contributed by atoms with van der Waals surface area (Å²) >= 11 is 0. The highest BCUT2D eigenvalue weighted by molar-refractivity contribution is 5.71. The highest BCUT2D eigenvalue weighted by atomic mass is 15.0. The van der Waals surface area contributed by atoms with E-state index in [-0.39, 0.29) is 0 Å². The van der Waals surface area contributed by atoms with Gasteiger partial charge in [-0.2, -0.15) is 0 Å². The molecule has 0 amide bonds. The van der Waals surface area contributed by atoms with Crippen molar-refractivity contribution in [1.82, 2.24) is 0 Å². The van der Waals surface area contributed by atoms with Crippen molar-refractivity contribution in [3.63, 3.8) is 0 Å². The summed E-state index contributed by atoms with van der Waals surface area (Å²) < 4.78 is 0. The number of anilines is 2. The summed E-state index contributed by atoms with van der Waals surface area (Å²) in [5.41, 5.74) is 10.3. The standard InChI is InChI=1S/C21H35N3.C2H6/c1-14(2)18-8-6-15(3)12-19(18)17(5)24-20-9-7-16(4)13-21(20)23-11-10-22;1-2/h7,9,13-15,18-19,23-24H,5-6,8,10-12,22H2,1-4H3;1-2H3/t15?,18-,19?;/m0./s1. The van der Waals surface area contributed by atoms with Crippen molar-refractivity contribution >= 4 is 11.4 Å². The molecule has 2 rings (SSSR count). The Balaban J connectivity index is 0.00000163. The lowest BCUT2D eigenvalue weighted by Crippen LogP contribution is -2.31. The van der Waals surface area contributed by atoms with E-state index in [2.05, 4.69) is 63.1 Å². The topological polar surface area (TPSA) is 50.1 Å². The van der Waals surface area contributed by atoms with Gasteiger partial charge >= 0.3 is 0 Å². The Morgan fingerprint density at radius 2 is 1.92 bits per heavy atom. The molecule has 1 aliphatic rings. The van der Waals surface area contributed by atoms with Crippen molar-refractivity contribution in [3.8, 4) is 0 Å². The molecule has 0 radical (unpaired) electrons. The molecule has 4 N–H and O–H groups in total. The van der Waals surface area contributed by atoms with Crippen molar-refractivity contribution in [3.05, 3.63) is 36.0 Å². The second kappa shape index (κ2) is 11.3. The van der Waals surface area contributed by atoms with Gasteiger partial charge in [0, 0.05) is 24.7 Å². The predicted molar refractivity (Wildman–Crippen MR) is 118 cm³/mol. The molecule has 3 atom stereocenters. The summed E-state index contributed by atoms with van der Waals surface area (Å²) in [6.45, 7) is 19.0. The van der Waals surface area contributed by atoms with E-state index in [9.17, 15) is 0 Å². The third-order valence-corrected chi connectivity index (χ3v) is 5.40. The van der Waals surface area contributed by atoms with Gasteiger partial charge in [0.1, 0.15) is 0 Å². The minimum atomic E-state index is 0.553. The highest BCUT2D eigenvalue weighted by Crippen LogP contribution is 2.41. The Bertz CT molecular complexity index is 550. The summed E-state index contributed by atoms with van der Waals surface area (Å²) in [6.07, 6.45) is 3.91. The van der Waals surface area contributed by atoms with Gasteiger partial charge in [-0.3, -0.25) is 0 Å². The second-order valence-corrected chi connectivity index (χ2v) is 7.85. The van der Waals surface area contributed by atoms with Crippen LogP contribution in [0.5, 0.6) is 0 Å². The van der Waals surface area contributed by atoms with Crippen LogP contribution in [0, 0.1) is 30.6 Å². The van der Waals surface area contributed by atoms with Gasteiger partial charge in [-0.05, 0) is 55.2 Å². The molecule has 2 unspecified atom stereocenters. The first-order chi connectivity index (χ1) is 12.4. The first-order valence-corrected chi connectivity index (χ1v) is 10.4. The van der Waals surface area contributed by atoms with Gasteiger partial charge in [-0.25, -0.2) is 0 Å². The van der Waals surface area contributed by atoms with Gasteiger partial charge in [0.15, 0.2) is 0 Å². The summed E-state index contributed by atoms with van der Waals surface area (Å²) in [6, 6.07) is 6.47. The lowest BCUT2D eigenvalue weighted by atomic mass is 9.69. The second-order valence-electron chi connectivity index (χ2n) is 7.85. The van der Waals surface area contributed by atoms with E-state index in [1.165, 1.54) is 30.5 Å². The number of benzene rings is 1. The average Bonchev–Trinajstić information content (AvgIpc) is 2.63. The van der Waals surface area contributed by atoms with Gasteiger partial charge in [0.05, 0.1) is 11.4 Å². The van der Waals surface area contributed by atoms with Crippen LogP contribution in [0.15, 0.2) is 30.5 Å².